The zero-order valence-electron chi connectivity index (χ0n) is 16.0. The van der Waals surface area contributed by atoms with Crippen LogP contribution >= 0.6 is 0 Å². The zero-order chi connectivity index (χ0) is 21.6. The summed E-state index contributed by atoms with van der Waals surface area (Å²) in [7, 11) is -3.93. The second-order valence-electron chi connectivity index (χ2n) is 5.43. The number of hydrogen-bond acceptors (Lipinski definition) is 9. The molecule has 1 atom stereocenters. The normalized spacial score (nSPS) is 12.0. The molecule has 0 saturated heterocycles. The molecule has 162 valence electrons. The van der Waals surface area contributed by atoms with Crippen molar-refractivity contribution in [3.63, 3.8) is 0 Å². The van der Waals surface area contributed by atoms with Crippen molar-refractivity contribution < 1.29 is 37.1 Å². The average molecular weight is 424 g/mol. The zero-order valence-corrected chi connectivity index (χ0v) is 16.8. The minimum Gasteiger partial charge on any atom is -0.466 e. The summed E-state index contributed by atoms with van der Waals surface area (Å²) in [6.45, 7) is 2.75. The third-order valence-corrected chi connectivity index (χ3v) is 4.58. The Morgan fingerprint density at radius 2 is 1.64 bits per heavy atom. The van der Waals surface area contributed by atoms with Crippen LogP contribution in [0.1, 0.15) is 26.7 Å². The number of hydrogen-bond donors (Lipinski definition) is 4. The van der Waals surface area contributed by atoms with E-state index in [1.54, 1.807) is 13.8 Å². The number of sulfonamides is 1. The molecule has 0 spiro atoms. The summed E-state index contributed by atoms with van der Waals surface area (Å²) in [5.41, 5.74) is 5.08. The molecule has 0 fully saturated rings. The Morgan fingerprint density at radius 1 is 1.00 bits per heavy atom. The highest BCUT2D eigenvalue weighted by Crippen LogP contribution is 2.02. The Kier molecular flexibility index (Phi) is 12.7. The fourth-order valence-corrected chi connectivity index (χ4v) is 3.14. The largest absolute Gasteiger partial charge is 0.466 e. The Hall–Kier alpha value is -2.25. The summed E-state index contributed by atoms with van der Waals surface area (Å²) >= 11 is 0. The maximum atomic E-state index is 12.1. The fourth-order valence-electron chi connectivity index (χ4n) is 1.88. The van der Waals surface area contributed by atoms with Crippen LogP contribution in [0.15, 0.2) is 0 Å². The van der Waals surface area contributed by atoms with Gasteiger partial charge in [0.05, 0.1) is 38.5 Å². The third kappa shape index (κ3) is 12.2. The summed E-state index contributed by atoms with van der Waals surface area (Å²) in [5.74, 6) is -3.02. The highest BCUT2D eigenvalue weighted by Gasteiger charge is 2.28. The summed E-state index contributed by atoms with van der Waals surface area (Å²) in [6, 6.07) is -1.40. The maximum absolute atomic E-state index is 12.1. The molecule has 28 heavy (non-hydrogen) atoms. The monoisotopic (exact) mass is 424 g/mol. The van der Waals surface area contributed by atoms with Crippen molar-refractivity contribution in [2.45, 2.75) is 32.7 Å². The molecule has 0 saturated carbocycles. The molecule has 5 N–H and O–H groups in total. The number of amides is 2. The second kappa shape index (κ2) is 13.8. The Labute approximate surface area is 163 Å². The summed E-state index contributed by atoms with van der Waals surface area (Å²) in [6.07, 6.45) is -0.454. The smallest absolute Gasteiger partial charge is 0.324 e. The molecule has 0 aliphatic heterocycles. The summed E-state index contributed by atoms with van der Waals surface area (Å²) in [5, 5.41) is 4.69. The molecule has 0 heterocycles. The van der Waals surface area contributed by atoms with Crippen LogP contribution in [0.4, 0.5) is 0 Å². The van der Waals surface area contributed by atoms with Gasteiger partial charge in [-0.1, -0.05) is 0 Å². The van der Waals surface area contributed by atoms with Crippen molar-refractivity contribution >= 4 is 33.8 Å². The van der Waals surface area contributed by atoms with Gasteiger partial charge in [-0.25, -0.2) is 13.1 Å². The van der Waals surface area contributed by atoms with Gasteiger partial charge in [-0.05, 0) is 20.3 Å². The third-order valence-electron chi connectivity index (χ3n) is 3.11. The number of esters is 2. The van der Waals surface area contributed by atoms with Crippen LogP contribution in [0, 0.1) is 0 Å². The first-order valence-corrected chi connectivity index (χ1v) is 10.4. The van der Waals surface area contributed by atoms with Crippen molar-refractivity contribution in [2.24, 2.45) is 5.73 Å². The molecule has 0 aromatic carbocycles. The molecular formula is C15H28N4O8S. The number of ether oxygens (including phenoxy) is 2. The molecule has 0 radical (unpaired) electrons. The van der Waals surface area contributed by atoms with E-state index in [9.17, 15) is 27.6 Å². The number of carbonyl (C=O) groups is 4. The minimum absolute atomic E-state index is 0.0204. The van der Waals surface area contributed by atoms with E-state index in [0.717, 1.165) is 0 Å². The van der Waals surface area contributed by atoms with E-state index < -0.39 is 52.0 Å². The summed E-state index contributed by atoms with van der Waals surface area (Å²) < 4.78 is 35.9. The van der Waals surface area contributed by atoms with E-state index in [2.05, 4.69) is 15.4 Å². The molecule has 0 rings (SSSR count). The van der Waals surface area contributed by atoms with E-state index in [1.807, 2.05) is 0 Å². The van der Waals surface area contributed by atoms with Gasteiger partial charge in [-0.15, -0.1) is 0 Å². The molecule has 0 bridgehead atoms. The van der Waals surface area contributed by atoms with Gasteiger partial charge in [0, 0.05) is 6.54 Å². The van der Waals surface area contributed by atoms with Crippen LogP contribution in [0.5, 0.6) is 0 Å². The molecule has 13 heteroatoms. The summed E-state index contributed by atoms with van der Waals surface area (Å²) in [4.78, 5) is 45.8. The van der Waals surface area contributed by atoms with E-state index in [4.69, 9.17) is 15.2 Å². The highest BCUT2D eigenvalue weighted by atomic mass is 32.2. The molecule has 0 aliphatic carbocycles. The first-order valence-electron chi connectivity index (χ1n) is 8.70. The van der Waals surface area contributed by atoms with Crippen LogP contribution in [0.2, 0.25) is 0 Å². The Bertz CT molecular complexity index is 638. The lowest BCUT2D eigenvalue weighted by Gasteiger charge is -2.16. The number of carbonyl (C=O) groups excluding carboxylic acids is 4. The first kappa shape index (κ1) is 25.8. The quantitative estimate of drug-likeness (QED) is 0.171. The molecule has 0 aromatic heterocycles. The SMILES string of the molecule is CCOC(=O)CC(NS(=O)(=O)CCCNC(=O)CNC(=O)CN)C(=O)OCC. The van der Waals surface area contributed by atoms with Gasteiger partial charge in [-0.3, -0.25) is 19.2 Å². The minimum atomic E-state index is -3.93. The van der Waals surface area contributed by atoms with Gasteiger partial charge < -0.3 is 25.8 Å². The van der Waals surface area contributed by atoms with Crippen LogP contribution < -0.4 is 21.1 Å². The van der Waals surface area contributed by atoms with E-state index >= 15 is 0 Å². The van der Waals surface area contributed by atoms with Crippen molar-refractivity contribution in [3.05, 3.63) is 0 Å². The lowest BCUT2D eigenvalue weighted by atomic mass is 10.2. The van der Waals surface area contributed by atoms with Gasteiger partial charge in [0.25, 0.3) is 0 Å². The van der Waals surface area contributed by atoms with E-state index in [0.29, 0.717) is 0 Å². The number of nitrogens with two attached hydrogens (primary N) is 1. The molecule has 2 amide bonds. The van der Waals surface area contributed by atoms with E-state index in [-0.39, 0.29) is 39.3 Å². The molecule has 1 unspecified atom stereocenters. The van der Waals surface area contributed by atoms with Crippen molar-refractivity contribution in [2.75, 3.05) is 38.6 Å². The molecule has 12 nitrogen and oxygen atoms in total. The first-order chi connectivity index (χ1) is 13.1. The predicted octanol–water partition coefficient (Wildman–Crippen LogP) is -2.63. The van der Waals surface area contributed by atoms with Gasteiger partial charge in [0.1, 0.15) is 6.04 Å². The van der Waals surface area contributed by atoms with Crippen molar-refractivity contribution in [3.8, 4) is 0 Å². The molecule has 0 aromatic rings. The van der Waals surface area contributed by atoms with Crippen LogP contribution in [-0.2, 0) is 38.7 Å². The number of rotatable bonds is 14. The Morgan fingerprint density at radius 3 is 2.21 bits per heavy atom. The predicted molar refractivity (Wildman–Crippen MR) is 98.3 cm³/mol. The lowest BCUT2D eigenvalue weighted by Crippen LogP contribution is -2.45. The topological polar surface area (TPSA) is 183 Å². The fraction of sp³-hybridized carbons (Fsp3) is 0.733. The maximum Gasteiger partial charge on any atom is 0.324 e. The standard InChI is InChI=1S/C15H28N4O8S/c1-3-26-14(22)8-11(15(23)27-4-2)19-28(24,25)7-5-6-17-13(21)10-18-12(20)9-16/h11,19H,3-10,16H2,1-2H3,(H,17,21)(H,18,20). The van der Waals surface area contributed by atoms with Crippen LogP contribution in [-0.4, -0.2) is 76.8 Å². The van der Waals surface area contributed by atoms with Crippen molar-refractivity contribution in [1.29, 1.82) is 0 Å². The second-order valence-corrected chi connectivity index (χ2v) is 7.31. The lowest BCUT2D eigenvalue weighted by molar-refractivity contribution is -0.151. The van der Waals surface area contributed by atoms with E-state index in [1.165, 1.54) is 0 Å². The van der Waals surface area contributed by atoms with Gasteiger partial charge >= 0.3 is 11.9 Å². The highest BCUT2D eigenvalue weighted by molar-refractivity contribution is 7.89. The Balaban J connectivity index is 4.51. The number of nitrogens with one attached hydrogen (secondary N) is 3. The van der Waals surface area contributed by atoms with Gasteiger partial charge in [0.15, 0.2) is 0 Å². The average Bonchev–Trinajstić information content (AvgIpc) is 2.62. The van der Waals surface area contributed by atoms with Gasteiger partial charge in [-0.2, -0.15) is 0 Å². The van der Waals surface area contributed by atoms with Crippen molar-refractivity contribution in [1.82, 2.24) is 15.4 Å². The van der Waals surface area contributed by atoms with Gasteiger partial charge in [0.2, 0.25) is 21.8 Å². The molecule has 0 aliphatic rings. The van der Waals surface area contributed by atoms with Crippen LogP contribution in [0.25, 0.3) is 0 Å². The molecular weight excluding hydrogens is 396 g/mol. The van der Waals surface area contributed by atoms with Crippen LogP contribution in [0.3, 0.4) is 0 Å².